The number of aromatic nitrogens is 1. The van der Waals surface area contributed by atoms with Crippen molar-refractivity contribution >= 4 is 35.1 Å². The average molecular weight is 417 g/mol. The van der Waals surface area contributed by atoms with Crippen molar-refractivity contribution < 1.29 is 14.1 Å². The van der Waals surface area contributed by atoms with Crippen molar-refractivity contribution in [2.24, 2.45) is 0 Å². The van der Waals surface area contributed by atoms with Crippen LogP contribution in [0.2, 0.25) is 0 Å². The topological polar surface area (TPSA) is 87.5 Å². The standard InChI is InChI=1S/C21H28N4O3S/c1-15-11-19(24-28-15)23-21(27)16(2)29-14-20(26)22-18-8-6-7-17(12-18)13-25-9-4-3-5-10-25/h6-8,11-12,16H,3-5,9-10,13-14H2,1-2H3,(H,22,26)(H,23,24,27). The zero-order valence-electron chi connectivity index (χ0n) is 16.9. The summed E-state index contributed by atoms with van der Waals surface area (Å²) < 4.78 is 4.93. The number of hydrogen-bond donors (Lipinski definition) is 2. The second-order valence-electron chi connectivity index (χ2n) is 7.35. The summed E-state index contributed by atoms with van der Waals surface area (Å²) in [5, 5.41) is 8.97. The molecule has 2 aromatic rings. The lowest BCUT2D eigenvalue weighted by Gasteiger charge is -2.26. The average Bonchev–Trinajstić information content (AvgIpc) is 3.11. The molecule has 0 aliphatic carbocycles. The Labute approximate surface area is 175 Å². The van der Waals surface area contributed by atoms with E-state index in [0.29, 0.717) is 11.6 Å². The van der Waals surface area contributed by atoms with Crippen LogP contribution in [0.1, 0.15) is 37.5 Å². The molecule has 0 bridgehead atoms. The molecule has 2 heterocycles. The maximum Gasteiger partial charge on any atom is 0.238 e. The Hall–Kier alpha value is -2.32. The van der Waals surface area contributed by atoms with Gasteiger partial charge in [-0.3, -0.25) is 14.5 Å². The van der Waals surface area contributed by atoms with Gasteiger partial charge >= 0.3 is 0 Å². The molecule has 0 radical (unpaired) electrons. The highest BCUT2D eigenvalue weighted by atomic mass is 32.2. The van der Waals surface area contributed by atoms with E-state index in [2.05, 4.69) is 26.8 Å². The molecular formula is C21H28N4O3S. The largest absolute Gasteiger partial charge is 0.360 e. The van der Waals surface area contributed by atoms with Crippen molar-refractivity contribution in [2.45, 2.75) is 44.9 Å². The summed E-state index contributed by atoms with van der Waals surface area (Å²) in [5.74, 6) is 0.877. The predicted molar refractivity (Wildman–Crippen MR) is 116 cm³/mol. The van der Waals surface area contributed by atoms with Crippen molar-refractivity contribution in [3.63, 3.8) is 0 Å². The van der Waals surface area contributed by atoms with Crippen LogP contribution in [0.3, 0.4) is 0 Å². The summed E-state index contributed by atoms with van der Waals surface area (Å²) >= 11 is 1.28. The Kier molecular flexibility index (Phi) is 7.71. The maximum atomic E-state index is 12.3. The van der Waals surface area contributed by atoms with Gasteiger partial charge in [-0.05, 0) is 57.5 Å². The first-order valence-corrected chi connectivity index (χ1v) is 11.0. The van der Waals surface area contributed by atoms with Gasteiger partial charge in [0.05, 0.1) is 11.0 Å². The fraction of sp³-hybridized carbons (Fsp3) is 0.476. The van der Waals surface area contributed by atoms with Gasteiger partial charge in [-0.2, -0.15) is 0 Å². The molecule has 156 valence electrons. The molecule has 2 amide bonds. The molecule has 8 heteroatoms. The Morgan fingerprint density at radius 1 is 1.21 bits per heavy atom. The molecule has 1 saturated heterocycles. The number of benzene rings is 1. The zero-order valence-corrected chi connectivity index (χ0v) is 17.8. The smallest absolute Gasteiger partial charge is 0.238 e. The van der Waals surface area contributed by atoms with Gasteiger partial charge < -0.3 is 15.2 Å². The summed E-state index contributed by atoms with van der Waals surface area (Å²) in [7, 11) is 0. The number of carbonyl (C=O) groups is 2. The molecule has 0 saturated carbocycles. The predicted octanol–water partition coefficient (Wildman–Crippen LogP) is 3.67. The third-order valence-corrected chi connectivity index (χ3v) is 5.92. The number of carbonyl (C=O) groups excluding carboxylic acids is 2. The number of hydrogen-bond acceptors (Lipinski definition) is 6. The van der Waals surface area contributed by atoms with Gasteiger partial charge in [0.1, 0.15) is 5.76 Å². The van der Waals surface area contributed by atoms with E-state index >= 15 is 0 Å². The molecule has 1 fully saturated rings. The molecule has 1 aliphatic heterocycles. The van der Waals surface area contributed by atoms with Crippen molar-refractivity contribution in [1.29, 1.82) is 0 Å². The summed E-state index contributed by atoms with van der Waals surface area (Å²) in [4.78, 5) is 26.9. The molecule has 1 aliphatic rings. The van der Waals surface area contributed by atoms with Crippen LogP contribution >= 0.6 is 11.8 Å². The van der Waals surface area contributed by atoms with E-state index in [1.54, 1.807) is 19.9 Å². The van der Waals surface area contributed by atoms with E-state index in [4.69, 9.17) is 4.52 Å². The van der Waals surface area contributed by atoms with E-state index in [1.807, 2.05) is 18.2 Å². The lowest BCUT2D eigenvalue weighted by Crippen LogP contribution is -2.29. The fourth-order valence-corrected chi connectivity index (χ4v) is 3.93. The highest BCUT2D eigenvalue weighted by molar-refractivity contribution is 8.01. The van der Waals surface area contributed by atoms with Gasteiger partial charge in [0.25, 0.3) is 0 Å². The lowest BCUT2D eigenvalue weighted by molar-refractivity contribution is -0.115. The Morgan fingerprint density at radius 2 is 2.00 bits per heavy atom. The molecule has 1 atom stereocenters. The van der Waals surface area contributed by atoms with Gasteiger partial charge in [0.2, 0.25) is 11.8 Å². The number of nitrogens with zero attached hydrogens (tertiary/aromatic N) is 2. The number of rotatable bonds is 8. The van der Waals surface area contributed by atoms with E-state index in [9.17, 15) is 9.59 Å². The zero-order chi connectivity index (χ0) is 20.6. The van der Waals surface area contributed by atoms with Crippen molar-refractivity contribution in [1.82, 2.24) is 10.1 Å². The van der Waals surface area contributed by atoms with Crippen molar-refractivity contribution in [2.75, 3.05) is 29.5 Å². The Morgan fingerprint density at radius 3 is 2.72 bits per heavy atom. The minimum Gasteiger partial charge on any atom is -0.360 e. The third kappa shape index (κ3) is 6.90. The quantitative estimate of drug-likeness (QED) is 0.683. The third-order valence-electron chi connectivity index (χ3n) is 4.78. The monoisotopic (exact) mass is 416 g/mol. The number of amides is 2. The SMILES string of the molecule is Cc1cc(NC(=O)C(C)SCC(=O)Nc2cccc(CN3CCCCC3)c2)no1. The fourth-order valence-electron chi connectivity index (χ4n) is 3.25. The number of anilines is 2. The van der Waals surface area contributed by atoms with Gasteiger partial charge in [-0.25, -0.2) is 0 Å². The maximum absolute atomic E-state index is 12.3. The van der Waals surface area contributed by atoms with E-state index < -0.39 is 0 Å². The highest BCUT2D eigenvalue weighted by Gasteiger charge is 2.17. The molecule has 2 N–H and O–H groups in total. The van der Waals surface area contributed by atoms with Crippen molar-refractivity contribution in [3.8, 4) is 0 Å². The summed E-state index contributed by atoms with van der Waals surface area (Å²) in [6.07, 6.45) is 3.84. The Balaban J connectivity index is 1.43. The van der Waals surface area contributed by atoms with Gasteiger partial charge in [0, 0.05) is 18.3 Å². The van der Waals surface area contributed by atoms with Crippen LogP contribution in [0.25, 0.3) is 0 Å². The van der Waals surface area contributed by atoms with E-state index in [1.165, 1.54) is 36.6 Å². The van der Waals surface area contributed by atoms with Gasteiger partial charge in [0.15, 0.2) is 5.82 Å². The first-order chi connectivity index (χ1) is 14.0. The second kappa shape index (κ2) is 10.5. The molecule has 0 spiro atoms. The highest BCUT2D eigenvalue weighted by Crippen LogP contribution is 2.18. The van der Waals surface area contributed by atoms with Crippen LogP contribution in [0.5, 0.6) is 0 Å². The summed E-state index contributed by atoms with van der Waals surface area (Å²) in [6, 6.07) is 9.64. The molecule has 1 unspecified atom stereocenters. The summed E-state index contributed by atoms with van der Waals surface area (Å²) in [6.45, 7) is 6.71. The number of nitrogens with one attached hydrogen (secondary N) is 2. The Bertz CT molecular complexity index is 833. The second-order valence-corrected chi connectivity index (χ2v) is 8.68. The van der Waals surface area contributed by atoms with Crippen LogP contribution in [0.15, 0.2) is 34.9 Å². The van der Waals surface area contributed by atoms with Gasteiger partial charge in [-0.15, -0.1) is 11.8 Å². The molecule has 3 rings (SSSR count). The molecule has 29 heavy (non-hydrogen) atoms. The van der Waals surface area contributed by atoms with Gasteiger partial charge in [-0.1, -0.05) is 23.7 Å². The van der Waals surface area contributed by atoms with Crippen LogP contribution in [-0.4, -0.2) is 46.0 Å². The number of piperidine rings is 1. The molecule has 1 aromatic carbocycles. The van der Waals surface area contributed by atoms with Crippen LogP contribution < -0.4 is 10.6 Å². The van der Waals surface area contributed by atoms with Crippen molar-refractivity contribution in [3.05, 3.63) is 41.7 Å². The molecule has 1 aromatic heterocycles. The number of aryl methyl sites for hydroxylation is 1. The molecule has 7 nitrogen and oxygen atoms in total. The lowest BCUT2D eigenvalue weighted by atomic mass is 10.1. The number of thioether (sulfide) groups is 1. The molecular weight excluding hydrogens is 388 g/mol. The summed E-state index contributed by atoms with van der Waals surface area (Å²) in [5.41, 5.74) is 1.99. The minimum absolute atomic E-state index is 0.123. The normalized spacial score (nSPS) is 15.7. The first kappa shape index (κ1) is 21.4. The van der Waals surface area contributed by atoms with Crippen LogP contribution in [0.4, 0.5) is 11.5 Å². The van der Waals surface area contributed by atoms with Crippen LogP contribution in [0, 0.1) is 6.92 Å². The van der Waals surface area contributed by atoms with E-state index in [-0.39, 0.29) is 22.8 Å². The minimum atomic E-state index is -0.386. The van der Waals surface area contributed by atoms with E-state index in [0.717, 1.165) is 25.3 Å². The number of likely N-dealkylation sites (tertiary alicyclic amines) is 1. The van der Waals surface area contributed by atoms with Crippen LogP contribution in [-0.2, 0) is 16.1 Å². The first-order valence-electron chi connectivity index (χ1n) is 9.96.